The van der Waals surface area contributed by atoms with Gasteiger partial charge in [-0.1, -0.05) is 29.8 Å². The highest BCUT2D eigenvalue weighted by Crippen LogP contribution is 2.33. The Kier molecular flexibility index (Phi) is 4.80. The summed E-state index contributed by atoms with van der Waals surface area (Å²) in [5.74, 6) is 0.495. The van der Waals surface area contributed by atoms with Crippen molar-refractivity contribution in [2.45, 2.75) is 6.42 Å². The zero-order chi connectivity index (χ0) is 21.4. The number of aromatic nitrogens is 3. The fraction of sp³-hybridized carbons (Fsp3) is 0.0870. The molecule has 1 aliphatic heterocycles. The van der Waals surface area contributed by atoms with Crippen LogP contribution in [-0.4, -0.2) is 27.3 Å². The van der Waals surface area contributed by atoms with Crippen LogP contribution >= 0.6 is 11.6 Å². The summed E-state index contributed by atoms with van der Waals surface area (Å²) < 4.78 is 1.53. The minimum Gasteiger partial charge on any atom is -0.308 e. The number of hydrogen-bond acceptors (Lipinski definition) is 3. The first-order valence-electron chi connectivity index (χ1n) is 9.80. The number of amides is 2. The Morgan fingerprint density at radius 3 is 2.58 bits per heavy atom. The maximum atomic E-state index is 13.2. The molecule has 2 aromatic carbocycles. The van der Waals surface area contributed by atoms with E-state index in [2.05, 4.69) is 15.4 Å². The van der Waals surface area contributed by atoms with Gasteiger partial charge in [-0.15, -0.1) is 0 Å². The smallest absolute Gasteiger partial charge is 0.308 e. The number of urea groups is 1. The van der Waals surface area contributed by atoms with Gasteiger partial charge in [-0.25, -0.2) is 14.5 Å². The minimum absolute atomic E-state index is 0.129. The lowest BCUT2D eigenvalue weighted by atomic mass is 10.1. The Hall–Kier alpha value is -3.84. The number of rotatable bonds is 2. The minimum atomic E-state index is -0.323. The fourth-order valence-electron chi connectivity index (χ4n) is 3.74. The Balaban J connectivity index is 1.54. The second-order valence-electron chi connectivity index (χ2n) is 7.15. The highest BCUT2D eigenvalue weighted by molar-refractivity contribution is 6.30. The molecule has 0 unspecified atom stereocenters. The maximum Gasteiger partial charge on any atom is 0.327 e. The van der Waals surface area contributed by atoms with Crippen LogP contribution in [0.25, 0.3) is 16.9 Å². The van der Waals surface area contributed by atoms with Crippen molar-refractivity contribution in [1.82, 2.24) is 14.8 Å². The van der Waals surface area contributed by atoms with Crippen LogP contribution in [0.3, 0.4) is 0 Å². The second-order valence-corrected chi connectivity index (χ2v) is 7.59. The second kappa shape index (κ2) is 7.77. The van der Waals surface area contributed by atoms with E-state index in [1.807, 2.05) is 36.4 Å². The number of anilines is 2. The third-order valence-corrected chi connectivity index (χ3v) is 5.49. The first kappa shape index (κ1) is 19.1. The van der Waals surface area contributed by atoms with Crippen molar-refractivity contribution in [2.75, 3.05) is 16.8 Å². The molecule has 0 atom stereocenters. The van der Waals surface area contributed by atoms with Gasteiger partial charge in [0, 0.05) is 34.6 Å². The van der Waals surface area contributed by atoms with E-state index in [-0.39, 0.29) is 11.6 Å². The standard InChI is InChI=1S/C23H18ClN5O2/c24-15-8-10-16(11-9-15)26-23(31)28-14-12-19-20(18-7-4-13-25-21(18)28)27-29(22(19)30)17-5-2-1-3-6-17/h1-11,13,27H,12,14H2,(H,26,31). The summed E-state index contributed by atoms with van der Waals surface area (Å²) in [7, 11) is 0. The number of pyridine rings is 1. The van der Waals surface area contributed by atoms with Gasteiger partial charge in [-0.2, -0.15) is 0 Å². The van der Waals surface area contributed by atoms with Crippen LogP contribution in [0.2, 0.25) is 5.02 Å². The molecule has 2 N–H and O–H groups in total. The number of halogens is 1. The molecule has 0 saturated heterocycles. The number of para-hydroxylation sites is 1. The van der Waals surface area contributed by atoms with E-state index in [0.717, 1.165) is 5.69 Å². The topological polar surface area (TPSA) is 83.0 Å². The van der Waals surface area contributed by atoms with Gasteiger partial charge in [0.15, 0.2) is 0 Å². The van der Waals surface area contributed by atoms with Crippen LogP contribution in [0, 0.1) is 0 Å². The lowest BCUT2D eigenvalue weighted by Gasteiger charge is -2.22. The zero-order valence-corrected chi connectivity index (χ0v) is 17.1. The Bertz CT molecular complexity index is 1310. The number of aromatic amines is 1. The van der Waals surface area contributed by atoms with Gasteiger partial charge in [-0.3, -0.25) is 14.8 Å². The van der Waals surface area contributed by atoms with Gasteiger partial charge in [0.25, 0.3) is 5.56 Å². The highest BCUT2D eigenvalue weighted by atomic mass is 35.5. The number of nitrogens with one attached hydrogen (secondary N) is 2. The molecule has 1 aliphatic rings. The van der Waals surface area contributed by atoms with Crippen LogP contribution in [0.4, 0.5) is 16.3 Å². The van der Waals surface area contributed by atoms with Crippen molar-refractivity contribution >= 4 is 29.1 Å². The molecule has 7 nitrogen and oxygen atoms in total. The number of benzene rings is 2. The lowest BCUT2D eigenvalue weighted by Crippen LogP contribution is -2.37. The number of fused-ring (bicyclic) bond motifs is 3. The predicted octanol–water partition coefficient (Wildman–Crippen LogP) is 4.48. The molecule has 0 radical (unpaired) electrons. The Labute approximate surface area is 182 Å². The van der Waals surface area contributed by atoms with Gasteiger partial charge in [0.05, 0.1) is 11.4 Å². The monoisotopic (exact) mass is 431 g/mol. The molecule has 154 valence electrons. The molecule has 2 amide bonds. The highest BCUT2D eigenvalue weighted by Gasteiger charge is 2.29. The summed E-state index contributed by atoms with van der Waals surface area (Å²) in [6.45, 7) is 0.318. The summed E-state index contributed by atoms with van der Waals surface area (Å²) in [5, 5.41) is 6.68. The zero-order valence-electron chi connectivity index (χ0n) is 16.4. The van der Waals surface area contributed by atoms with Crippen molar-refractivity contribution in [3.8, 4) is 16.9 Å². The SMILES string of the molecule is O=C(Nc1ccc(Cl)cc1)N1CCc2c([nH]n(-c3ccccc3)c2=O)-c2cccnc21. The number of H-pyrrole nitrogens is 1. The van der Waals surface area contributed by atoms with E-state index in [9.17, 15) is 9.59 Å². The third kappa shape index (κ3) is 3.49. The number of nitrogens with zero attached hydrogens (tertiary/aromatic N) is 3. The molecule has 31 heavy (non-hydrogen) atoms. The summed E-state index contributed by atoms with van der Waals surface area (Å²) >= 11 is 5.93. The molecular weight excluding hydrogens is 414 g/mol. The largest absolute Gasteiger partial charge is 0.327 e. The predicted molar refractivity (Wildman–Crippen MR) is 121 cm³/mol. The lowest BCUT2D eigenvalue weighted by molar-refractivity contribution is 0.257. The first-order chi connectivity index (χ1) is 15.1. The molecule has 0 bridgehead atoms. The van der Waals surface area contributed by atoms with E-state index in [4.69, 9.17) is 11.6 Å². The first-order valence-corrected chi connectivity index (χ1v) is 10.2. The van der Waals surface area contributed by atoms with Crippen LogP contribution in [0.15, 0.2) is 77.7 Å². The van der Waals surface area contributed by atoms with Crippen molar-refractivity contribution in [3.63, 3.8) is 0 Å². The fourth-order valence-corrected chi connectivity index (χ4v) is 3.87. The molecule has 3 heterocycles. The van der Waals surface area contributed by atoms with Gasteiger partial charge in [0.1, 0.15) is 5.82 Å². The quantitative estimate of drug-likeness (QED) is 0.491. The van der Waals surface area contributed by atoms with Gasteiger partial charge in [0.2, 0.25) is 0 Å². The van der Waals surface area contributed by atoms with E-state index in [0.29, 0.717) is 46.3 Å². The Morgan fingerprint density at radius 2 is 1.81 bits per heavy atom. The molecule has 8 heteroatoms. The molecule has 5 rings (SSSR count). The normalized spacial score (nSPS) is 12.6. The number of carbonyl (C=O) groups is 1. The number of hydrogen-bond donors (Lipinski definition) is 2. The van der Waals surface area contributed by atoms with Gasteiger partial charge < -0.3 is 5.32 Å². The summed E-state index contributed by atoms with van der Waals surface area (Å²) in [4.78, 5) is 32.2. The van der Waals surface area contributed by atoms with Crippen molar-refractivity contribution in [1.29, 1.82) is 0 Å². The van der Waals surface area contributed by atoms with E-state index < -0.39 is 0 Å². The van der Waals surface area contributed by atoms with Crippen LogP contribution in [0.1, 0.15) is 5.56 Å². The van der Waals surface area contributed by atoms with Crippen molar-refractivity contribution in [2.24, 2.45) is 0 Å². The average molecular weight is 432 g/mol. The van der Waals surface area contributed by atoms with E-state index in [1.165, 1.54) is 4.68 Å². The maximum absolute atomic E-state index is 13.2. The average Bonchev–Trinajstić information content (AvgIpc) is 3.03. The summed E-state index contributed by atoms with van der Waals surface area (Å²) in [6.07, 6.45) is 2.04. The molecular formula is C23H18ClN5O2. The summed E-state index contributed by atoms with van der Waals surface area (Å²) in [5.41, 5.74) is 3.26. The van der Waals surface area contributed by atoms with Crippen LogP contribution in [-0.2, 0) is 6.42 Å². The molecule has 0 saturated carbocycles. The molecule has 0 fully saturated rings. The third-order valence-electron chi connectivity index (χ3n) is 5.24. The van der Waals surface area contributed by atoms with Gasteiger partial charge >= 0.3 is 6.03 Å². The van der Waals surface area contributed by atoms with E-state index in [1.54, 1.807) is 41.4 Å². The van der Waals surface area contributed by atoms with Crippen LogP contribution < -0.4 is 15.8 Å². The molecule has 4 aromatic rings. The van der Waals surface area contributed by atoms with Crippen LogP contribution in [0.5, 0.6) is 0 Å². The number of carbonyl (C=O) groups excluding carboxylic acids is 1. The van der Waals surface area contributed by atoms with E-state index >= 15 is 0 Å². The van der Waals surface area contributed by atoms with Crippen molar-refractivity contribution < 1.29 is 4.79 Å². The van der Waals surface area contributed by atoms with Gasteiger partial charge in [-0.05, 0) is 55.0 Å². The molecule has 0 aliphatic carbocycles. The summed E-state index contributed by atoms with van der Waals surface area (Å²) in [6, 6.07) is 19.6. The Morgan fingerprint density at radius 1 is 1.03 bits per heavy atom. The molecule has 0 spiro atoms. The van der Waals surface area contributed by atoms with Crippen molar-refractivity contribution in [3.05, 3.63) is 93.9 Å². The molecule has 2 aromatic heterocycles.